The molecule has 0 radical (unpaired) electrons. The fourth-order valence-electron chi connectivity index (χ4n) is 2.32. The molecular weight excluding hydrogens is 323 g/mol. The largest absolute Gasteiger partial charge is 0.487 e. The van der Waals surface area contributed by atoms with E-state index in [4.69, 9.17) is 4.74 Å². The van der Waals surface area contributed by atoms with E-state index >= 15 is 0 Å². The first-order chi connectivity index (χ1) is 10.8. The zero-order valence-electron chi connectivity index (χ0n) is 13.2. The Hall–Kier alpha value is -1.67. The number of nitrogens with zero attached hydrogens (tertiary/aromatic N) is 1. The lowest BCUT2D eigenvalue weighted by molar-refractivity contribution is -0.118. The number of nitrogens with one attached hydrogen (secondary N) is 1. The number of sulfonamides is 1. The Labute approximate surface area is 135 Å². The Kier molecular flexibility index (Phi) is 5.59. The number of benzene rings is 1. The number of amides is 1. The van der Waals surface area contributed by atoms with Crippen LogP contribution >= 0.6 is 0 Å². The summed E-state index contributed by atoms with van der Waals surface area (Å²) in [5.74, 6) is -0.567. The molecular formula is C15H21FN2O4S. The molecule has 1 atom stereocenters. The molecule has 0 saturated heterocycles. The van der Waals surface area contributed by atoms with Crippen molar-refractivity contribution in [1.29, 1.82) is 0 Å². The van der Waals surface area contributed by atoms with E-state index in [-0.39, 0.29) is 30.7 Å². The van der Waals surface area contributed by atoms with Gasteiger partial charge in [0, 0.05) is 6.07 Å². The van der Waals surface area contributed by atoms with E-state index in [1.54, 1.807) is 6.92 Å². The molecule has 0 bridgehead atoms. The molecule has 2 rings (SSSR count). The number of anilines is 1. The molecule has 8 heteroatoms. The van der Waals surface area contributed by atoms with Gasteiger partial charge in [0.25, 0.3) is 0 Å². The quantitative estimate of drug-likeness (QED) is 0.851. The average molecular weight is 344 g/mol. The van der Waals surface area contributed by atoms with E-state index in [0.29, 0.717) is 12.1 Å². The highest BCUT2D eigenvalue weighted by atomic mass is 32.2. The molecule has 0 fully saturated rings. The molecule has 1 aromatic carbocycles. The summed E-state index contributed by atoms with van der Waals surface area (Å²) in [7, 11) is -3.46. The minimum atomic E-state index is -3.46. The van der Waals surface area contributed by atoms with Crippen LogP contribution in [-0.4, -0.2) is 39.3 Å². The molecule has 0 spiro atoms. The number of unbranched alkanes of at least 4 members (excludes halogenated alkanes) is 1. The van der Waals surface area contributed by atoms with Crippen molar-refractivity contribution >= 4 is 21.6 Å². The maximum absolute atomic E-state index is 13.3. The summed E-state index contributed by atoms with van der Waals surface area (Å²) in [6.45, 7) is 3.62. The van der Waals surface area contributed by atoms with Crippen LogP contribution < -0.4 is 14.4 Å². The maximum atomic E-state index is 13.3. The van der Waals surface area contributed by atoms with Gasteiger partial charge in [-0.25, -0.2) is 17.5 Å². The van der Waals surface area contributed by atoms with Gasteiger partial charge in [-0.3, -0.25) is 4.79 Å². The van der Waals surface area contributed by atoms with Gasteiger partial charge in [0.1, 0.15) is 17.7 Å². The first-order valence-electron chi connectivity index (χ1n) is 7.56. The Morgan fingerprint density at radius 1 is 1.48 bits per heavy atom. The van der Waals surface area contributed by atoms with Gasteiger partial charge in [0.05, 0.1) is 24.5 Å². The molecule has 23 heavy (non-hydrogen) atoms. The Balaban J connectivity index is 2.08. The minimum Gasteiger partial charge on any atom is -0.487 e. The second-order valence-electron chi connectivity index (χ2n) is 5.54. The van der Waals surface area contributed by atoms with Crippen molar-refractivity contribution in [3.63, 3.8) is 0 Å². The third-order valence-electron chi connectivity index (χ3n) is 3.49. The van der Waals surface area contributed by atoms with Gasteiger partial charge < -0.3 is 9.64 Å². The van der Waals surface area contributed by atoms with Gasteiger partial charge in [0.15, 0.2) is 0 Å². The molecule has 1 unspecified atom stereocenters. The first-order valence-corrected chi connectivity index (χ1v) is 9.21. The van der Waals surface area contributed by atoms with E-state index in [0.717, 1.165) is 6.42 Å². The summed E-state index contributed by atoms with van der Waals surface area (Å²) < 4.78 is 44.7. The summed E-state index contributed by atoms with van der Waals surface area (Å²) in [6.07, 6.45) is 1.000. The zero-order chi connectivity index (χ0) is 17.0. The number of fused-ring (bicyclic) bond motifs is 1. The molecule has 1 heterocycles. The van der Waals surface area contributed by atoms with Crippen LogP contribution in [0.2, 0.25) is 0 Å². The van der Waals surface area contributed by atoms with Crippen LogP contribution in [0.3, 0.4) is 0 Å². The summed E-state index contributed by atoms with van der Waals surface area (Å²) in [5.41, 5.74) is 0.447. The molecule has 1 aliphatic rings. The molecule has 1 amide bonds. The molecule has 6 nitrogen and oxygen atoms in total. The monoisotopic (exact) mass is 344 g/mol. The number of rotatable bonds is 6. The second-order valence-corrected chi connectivity index (χ2v) is 7.46. The van der Waals surface area contributed by atoms with Crippen molar-refractivity contribution in [2.75, 3.05) is 23.7 Å². The number of halogens is 1. The number of ether oxygens (including phenoxy) is 1. The normalized spacial score (nSPS) is 17.5. The standard InChI is InChI=1S/C15H21FN2O4S/c1-3-4-7-23(20,21)17-9-15(19)18-10-11(2)22-14-8-12(16)5-6-13(14)18/h5-6,8,11,17H,3-4,7,9-10H2,1-2H3. The summed E-state index contributed by atoms with van der Waals surface area (Å²) in [4.78, 5) is 13.8. The molecule has 1 N–H and O–H groups in total. The Morgan fingerprint density at radius 3 is 2.91 bits per heavy atom. The van der Waals surface area contributed by atoms with E-state index < -0.39 is 21.7 Å². The third kappa shape index (κ3) is 4.65. The van der Waals surface area contributed by atoms with E-state index in [1.165, 1.54) is 23.1 Å². The van der Waals surface area contributed by atoms with Crippen molar-refractivity contribution in [2.24, 2.45) is 0 Å². The number of hydrogen-bond donors (Lipinski definition) is 1. The van der Waals surface area contributed by atoms with Crippen LogP contribution in [0.1, 0.15) is 26.7 Å². The van der Waals surface area contributed by atoms with Gasteiger partial charge in [-0.2, -0.15) is 0 Å². The van der Waals surface area contributed by atoms with E-state index in [9.17, 15) is 17.6 Å². The summed E-state index contributed by atoms with van der Waals surface area (Å²) in [5, 5.41) is 0. The predicted molar refractivity (Wildman–Crippen MR) is 85.5 cm³/mol. The fraction of sp³-hybridized carbons (Fsp3) is 0.533. The molecule has 1 aliphatic heterocycles. The summed E-state index contributed by atoms with van der Waals surface area (Å²) in [6, 6.07) is 3.92. The van der Waals surface area contributed by atoms with Crippen molar-refractivity contribution in [2.45, 2.75) is 32.8 Å². The molecule has 1 aromatic rings. The van der Waals surface area contributed by atoms with Crippen LogP contribution in [0.4, 0.5) is 10.1 Å². The van der Waals surface area contributed by atoms with Gasteiger partial charge in [-0.1, -0.05) is 13.3 Å². The molecule has 0 saturated carbocycles. The van der Waals surface area contributed by atoms with Crippen LogP contribution in [-0.2, 0) is 14.8 Å². The van der Waals surface area contributed by atoms with Crippen molar-refractivity contribution < 1.29 is 22.3 Å². The van der Waals surface area contributed by atoms with E-state index in [1.807, 2.05) is 6.92 Å². The first kappa shape index (κ1) is 17.7. The van der Waals surface area contributed by atoms with Gasteiger partial charge in [-0.05, 0) is 25.5 Å². The van der Waals surface area contributed by atoms with Crippen molar-refractivity contribution in [3.8, 4) is 5.75 Å². The Morgan fingerprint density at radius 2 is 2.22 bits per heavy atom. The topological polar surface area (TPSA) is 75.7 Å². The Bertz CT molecular complexity index is 678. The molecule has 0 aliphatic carbocycles. The smallest absolute Gasteiger partial charge is 0.242 e. The lowest BCUT2D eigenvalue weighted by atomic mass is 10.2. The molecule has 128 valence electrons. The van der Waals surface area contributed by atoms with E-state index in [2.05, 4.69) is 4.72 Å². The van der Waals surface area contributed by atoms with Gasteiger partial charge in [-0.15, -0.1) is 0 Å². The predicted octanol–water partition coefficient (Wildman–Crippen LogP) is 1.66. The van der Waals surface area contributed by atoms with Gasteiger partial charge in [0.2, 0.25) is 15.9 Å². The SMILES string of the molecule is CCCCS(=O)(=O)NCC(=O)N1CC(C)Oc2cc(F)ccc21. The molecule has 0 aromatic heterocycles. The maximum Gasteiger partial charge on any atom is 0.242 e. The highest BCUT2D eigenvalue weighted by Crippen LogP contribution is 2.33. The average Bonchev–Trinajstić information content (AvgIpc) is 2.49. The van der Waals surface area contributed by atoms with Crippen LogP contribution in [0.5, 0.6) is 5.75 Å². The van der Waals surface area contributed by atoms with Crippen molar-refractivity contribution in [3.05, 3.63) is 24.0 Å². The lowest BCUT2D eigenvalue weighted by Gasteiger charge is -2.33. The highest BCUT2D eigenvalue weighted by molar-refractivity contribution is 7.89. The number of carbonyl (C=O) groups excluding carboxylic acids is 1. The second kappa shape index (κ2) is 7.27. The number of hydrogen-bond acceptors (Lipinski definition) is 4. The van der Waals surface area contributed by atoms with Gasteiger partial charge >= 0.3 is 0 Å². The third-order valence-corrected chi connectivity index (χ3v) is 4.90. The lowest BCUT2D eigenvalue weighted by Crippen LogP contribution is -2.47. The summed E-state index contributed by atoms with van der Waals surface area (Å²) >= 11 is 0. The highest BCUT2D eigenvalue weighted by Gasteiger charge is 2.28. The minimum absolute atomic E-state index is 0.00189. The van der Waals surface area contributed by atoms with Crippen LogP contribution in [0, 0.1) is 5.82 Å². The van der Waals surface area contributed by atoms with Crippen LogP contribution in [0.25, 0.3) is 0 Å². The zero-order valence-corrected chi connectivity index (χ0v) is 14.0. The van der Waals surface area contributed by atoms with Crippen LogP contribution in [0.15, 0.2) is 18.2 Å². The number of carbonyl (C=O) groups is 1. The van der Waals surface area contributed by atoms with Crippen molar-refractivity contribution in [1.82, 2.24) is 4.72 Å². The fourth-order valence-corrected chi connectivity index (χ4v) is 3.48.